The van der Waals surface area contributed by atoms with Crippen LogP contribution in [-0.2, 0) is 44.1 Å². The Bertz CT molecular complexity index is 3710. The summed E-state index contributed by atoms with van der Waals surface area (Å²) in [5.41, 5.74) is -10.4. The number of hydrogen-bond acceptors (Lipinski definition) is 10. The molecule has 0 radical (unpaired) electrons. The van der Waals surface area contributed by atoms with Crippen LogP contribution in [-0.4, -0.2) is 62.7 Å². The predicted octanol–water partition coefficient (Wildman–Crippen LogP) is 11.1. The van der Waals surface area contributed by atoms with E-state index in [-0.39, 0.29) is 54.2 Å². The Labute approximate surface area is 429 Å². The van der Waals surface area contributed by atoms with Gasteiger partial charge in [-0.3, -0.25) is 18.3 Å². The largest absolute Gasteiger partial charge is 0.477 e. The lowest BCUT2D eigenvalue weighted by Crippen LogP contribution is -2.50. The molecular weight excluding hydrogens is 1050 g/mol. The summed E-state index contributed by atoms with van der Waals surface area (Å²) in [7, 11) is 5.56. The first-order chi connectivity index (χ1) is 34.6. The maximum Gasteiger partial charge on any atom is 0.433 e. The van der Waals surface area contributed by atoms with Crippen molar-refractivity contribution in [3.8, 4) is 23.3 Å². The lowest BCUT2D eigenvalue weighted by molar-refractivity contribution is -0.274. The molecule has 0 aliphatic rings. The van der Waals surface area contributed by atoms with Gasteiger partial charge in [0.05, 0.1) is 27.1 Å². The Morgan fingerprint density at radius 2 is 1.09 bits per heavy atom. The summed E-state index contributed by atoms with van der Waals surface area (Å²) in [6.07, 6.45) is -8.54. The normalized spacial score (nSPS) is 14.6. The molecule has 386 valence electrons. The van der Waals surface area contributed by atoms with Gasteiger partial charge in [-0.15, -0.1) is 0 Å². The van der Waals surface area contributed by atoms with Gasteiger partial charge in [0.25, 0.3) is 0 Å². The number of carbonyl (C=O) groups excluding carboxylic acids is 1. The number of hydrogen-bond donors (Lipinski definition) is 2. The molecule has 4 atom stereocenters. The van der Waals surface area contributed by atoms with Crippen molar-refractivity contribution in [2.75, 3.05) is 0 Å². The summed E-state index contributed by atoms with van der Waals surface area (Å²) in [4.78, 5) is 59.9. The molecule has 0 spiro atoms. The number of ether oxygens (including phenoxy) is 3. The van der Waals surface area contributed by atoms with Gasteiger partial charge in [-0.25, -0.2) is 29.1 Å². The van der Waals surface area contributed by atoms with Gasteiger partial charge in [0.1, 0.15) is 22.6 Å². The Hall–Kier alpha value is -7.33. The van der Waals surface area contributed by atoms with E-state index in [0.717, 1.165) is 102 Å². The second-order valence-corrected chi connectivity index (χ2v) is 18.5. The zero-order valence-corrected chi connectivity index (χ0v) is 41.6. The highest BCUT2D eigenvalue weighted by Crippen LogP contribution is 2.55. The van der Waals surface area contributed by atoms with Crippen molar-refractivity contribution < 1.29 is 60.4 Å². The Kier molecular flexibility index (Phi) is 13.7. The van der Waals surface area contributed by atoms with Crippen LogP contribution in [0.1, 0.15) is 68.7 Å². The first-order valence-electron chi connectivity index (χ1n) is 21.8. The van der Waals surface area contributed by atoms with Gasteiger partial charge in [0, 0.05) is 68.0 Å². The minimum atomic E-state index is -5.49. The number of nitrogens with zero attached hydrogens (tertiary/aromatic N) is 6. The third-order valence-corrected chi connectivity index (χ3v) is 14.0. The fourth-order valence-electron chi connectivity index (χ4n) is 9.01. The second-order valence-electron chi connectivity index (χ2n) is 17.3. The fraction of sp³-hybridized carbons (Fsp3) is 0.240. The number of carboxylic acid groups (broad SMARTS) is 1. The number of carbonyl (C=O) groups is 2. The van der Waals surface area contributed by atoms with Crippen LogP contribution in [0.15, 0.2) is 113 Å². The lowest BCUT2D eigenvalue weighted by atomic mass is 9.77. The number of pyridine rings is 2. The van der Waals surface area contributed by atoms with Crippen molar-refractivity contribution in [1.29, 1.82) is 0 Å². The molecular formula is C50H39Cl3F6N6O9. The number of carboxylic acids is 1. The molecule has 0 fully saturated rings. The maximum absolute atomic E-state index is 16.4. The Morgan fingerprint density at radius 3 is 1.59 bits per heavy atom. The number of aryl methyl sites for hydroxylation is 4. The van der Waals surface area contributed by atoms with Crippen molar-refractivity contribution in [2.24, 2.45) is 28.2 Å². The SMILES string of the molecule is CC(c1ccc(Oc2ncccc2C(=O)OC(c2ccc3c(c2)n(C)c(=O)n3C)(C(C)c2ccc(Oc3ncc(Cl)cc3C(=O)O)cc2Cl)C(F)(F)F)cc1Cl)C(O)(c1ccc2c(c1)n(C)c(=O)n2C)C(F)(F)F. The van der Waals surface area contributed by atoms with Crippen molar-refractivity contribution in [3.05, 3.63) is 173 Å². The number of rotatable bonds is 13. The number of alkyl halides is 6. The minimum Gasteiger partial charge on any atom is -0.477 e. The topological polar surface area (TPSA) is 182 Å². The third kappa shape index (κ3) is 8.90. The first kappa shape index (κ1) is 53.0. The van der Waals surface area contributed by atoms with E-state index in [1.807, 2.05) is 0 Å². The van der Waals surface area contributed by atoms with Gasteiger partial charge in [-0.1, -0.05) is 72.9 Å². The van der Waals surface area contributed by atoms with Crippen molar-refractivity contribution in [3.63, 3.8) is 0 Å². The van der Waals surface area contributed by atoms with Crippen LogP contribution in [0.5, 0.6) is 23.3 Å². The zero-order valence-electron chi connectivity index (χ0n) is 39.3. The van der Waals surface area contributed by atoms with Crippen LogP contribution in [0.3, 0.4) is 0 Å². The molecule has 0 aliphatic heterocycles. The van der Waals surface area contributed by atoms with E-state index >= 15 is 26.3 Å². The maximum atomic E-state index is 16.4. The summed E-state index contributed by atoms with van der Waals surface area (Å²) in [5, 5.41) is 20.6. The van der Waals surface area contributed by atoms with Crippen molar-refractivity contribution in [1.82, 2.24) is 28.2 Å². The van der Waals surface area contributed by atoms with Crippen molar-refractivity contribution in [2.45, 2.75) is 49.2 Å². The van der Waals surface area contributed by atoms with Crippen LogP contribution in [0.2, 0.25) is 15.1 Å². The van der Waals surface area contributed by atoms with Crippen LogP contribution >= 0.6 is 34.8 Å². The van der Waals surface area contributed by atoms with Gasteiger partial charge < -0.3 is 24.4 Å². The summed E-state index contributed by atoms with van der Waals surface area (Å²) in [6.45, 7) is 2.18. The van der Waals surface area contributed by atoms with Crippen LogP contribution in [0, 0.1) is 0 Å². The molecule has 2 N–H and O–H groups in total. The highest BCUT2D eigenvalue weighted by molar-refractivity contribution is 6.32. The van der Waals surface area contributed by atoms with Crippen molar-refractivity contribution >= 4 is 68.8 Å². The van der Waals surface area contributed by atoms with Crippen LogP contribution in [0.25, 0.3) is 22.1 Å². The lowest BCUT2D eigenvalue weighted by Gasteiger charge is -2.40. The number of aromatic nitrogens is 6. The average molecular weight is 1090 g/mol. The number of halogens is 9. The molecule has 8 aromatic rings. The molecule has 74 heavy (non-hydrogen) atoms. The molecule has 15 nitrogen and oxygen atoms in total. The number of aliphatic hydroxyl groups is 1. The minimum absolute atomic E-state index is 0.0182. The molecule has 0 aliphatic carbocycles. The quantitative estimate of drug-likeness (QED) is 0.0828. The molecule has 4 aromatic heterocycles. The van der Waals surface area contributed by atoms with Gasteiger partial charge in [-0.05, 0) is 83.4 Å². The van der Waals surface area contributed by atoms with Gasteiger partial charge in [-0.2, -0.15) is 26.3 Å². The number of aromatic carboxylic acids is 1. The summed E-state index contributed by atoms with van der Waals surface area (Å²) in [6, 6.07) is 16.8. The van der Waals surface area contributed by atoms with E-state index < -0.39 is 92.7 Å². The second kappa shape index (κ2) is 19.2. The monoisotopic (exact) mass is 1090 g/mol. The molecule has 8 rings (SSSR count). The Morgan fingerprint density at radius 1 is 0.608 bits per heavy atom. The predicted molar refractivity (Wildman–Crippen MR) is 260 cm³/mol. The number of fused-ring (bicyclic) bond motifs is 2. The van der Waals surface area contributed by atoms with E-state index in [9.17, 15) is 29.4 Å². The molecule has 4 heterocycles. The highest BCUT2D eigenvalue weighted by atomic mass is 35.5. The molecule has 0 saturated heterocycles. The zero-order chi connectivity index (χ0) is 54.1. The van der Waals surface area contributed by atoms with E-state index in [0.29, 0.717) is 5.52 Å². The summed E-state index contributed by atoms with van der Waals surface area (Å²) < 4.78 is 116. The summed E-state index contributed by atoms with van der Waals surface area (Å²) >= 11 is 19.2. The smallest absolute Gasteiger partial charge is 0.433 e. The first-order valence-corrected chi connectivity index (χ1v) is 22.9. The standard InChI is InChI=1S/C50H39Cl3F6N6O9/c1-24(47(71,49(54,55)56)26-9-15-37-39(18-26)64(5)45(69)62(37)3)31-13-11-29(21-35(31)52)72-41-33(8-7-17-60-41)44(68)74-48(50(57,58)59,27-10-16-38-40(19-27)65(6)46(70)63(38)4)25(2)32-14-12-30(22-36(32)53)73-42-34(43(66)67)20-28(51)23-61-42/h7-25,71H,1-6H3,(H,66,67). The average Bonchev–Trinajstić information content (AvgIpc) is 3.69. The van der Waals surface area contributed by atoms with E-state index in [4.69, 9.17) is 49.0 Å². The van der Waals surface area contributed by atoms with E-state index in [1.165, 1.54) is 61.6 Å². The number of benzene rings is 4. The number of imidazole rings is 2. The van der Waals surface area contributed by atoms with Gasteiger partial charge in [0.2, 0.25) is 17.4 Å². The van der Waals surface area contributed by atoms with Gasteiger partial charge in [0.15, 0.2) is 5.60 Å². The molecule has 0 saturated carbocycles. The molecule has 24 heteroatoms. The Balaban J connectivity index is 1.17. The van der Waals surface area contributed by atoms with Crippen LogP contribution < -0.4 is 20.9 Å². The fourth-order valence-corrected chi connectivity index (χ4v) is 9.83. The summed E-state index contributed by atoms with van der Waals surface area (Å²) in [5.74, 6) is -8.25. The van der Waals surface area contributed by atoms with E-state index in [1.54, 1.807) is 0 Å². The van der Waals surface area contributed by atoms with Crippen LogP contribution in [0.4, 0.5) is 26.3 Å². The van der Waals surface area contributed by atoms with Gasteiger partial charge >= 0.3 is 35.7 Å². The molecule has 4 unspecified atom stereocenters. The molecule has 4 aromatic carbocycles. The molecule has 0 bridgehead atoms. The van der Waals surface area contributed by atoms with E-state index in [2.05, 4.69) is 9.97 Å². The highest BCUT2D eigenvalue weighted by Gasteiger charge is 2.64. The third-order valence-electron chi connectivity index (χ3n) is 13.1. The molecule has 0 amide bonds. The number of esters is 1.